The van der Waals surface area contributed by atoms with Crippen molar-refractivity contribution in [1.29, 1.82) is 0 Å². The van der Waals surface area contributed by atoms with Gasteiger partial charge in [0.15, 0.2) is 0 Å². The average molecular weight is 300 g/mol. The molecule has 0 amide bonds. The van der Waals surface area contributed by atoms with Gasteiger partial charge in [0.2, 0.25) is 0 Å². The first kappa shape index (κ1) is 13.4. The van der Waals surface area contributed by atoms with E-state index in [1.54, 1.807) is 42.5 Å². The molecule has 0 unspecified atom stereocenters. The van der Waals surface area contributed by atoms with Crippen LogP contribution in [0.4, 0.5) is 0 Å². The van der Waals surface area contributed by atoms with Crippen molar-refractivity contribution in [3.05, 3.63) is 74.1 Å². The summed E-state index contributed by atoms with van der Waals surface area (Å²) in [6, 6.07) is 13.2. The Morgan fingerprint density at radius 2 is 1.71 bits per heavy atom. The molecule has 5 heteroatoms. The minimum atomic E-state index is -0.804. The topological polar surface area (TPSA) is 70.2 Å². The Hall–Kier alpha value is -2.59. The number of hydrogen-bond acceptors (Lipinski definition) is 3. The van der Waals surface area contributed by atoms with Gasteiger partial charge in [-0.25, -0.2) is 0 Å². The maximum Gasteiger partial charge on any atom is 0.296 e. The second-order valence-corrected chi connectivity index (χ2v) is 5.00. The number of halogens is 1. The zero-order chi connectivity index (χ0) is 15.0. The maximum atomic E-state index is 12.2. The summed E-state index contributed by atoms with van der Waals surface area (Å²) in [6.45, 7) is 0. The number of aromatic hydroxyl groups is 1. The number of hydrogen-bond donors (Lipinski definition) is 2. The Kier molecular flexibility index (Phi) is 3.23. The van der Waals surface area contributed by atoms with Crippen LogP contribution in [0.2, 0.25) is 5.02 Å². The van der Waals surface area contributed by atoms with Gasteiger partial charge in [0.1, 0.15) is 5.75 Å². The van der Waals surface area contributed by atoms with Gasteiger partial charge in [0, 0.05) is 10.4 Å². The fraction of sp³-hybridized carbons (Fsp3) is 0. The van der Waals surface area contributed by atoms with Crippen LogP contribution >= 0.6 is 11.6 Å². The van der Waals surface area contributed by atoms with Crippen molar-refractivity contribution in [3.63, 3.8) is 0 Å². The van der Waals surface area contributed by atoms with E-state index in [9.17, 15) is 14.7 Å². The van der Waals surface area contributed by atoms with E-state index >= 15 is 0 Å². The lowest BCUT2D eigenvalue weighted by atomic mass is 10.0. The van der Waals surface area contributed by atoms with Crippen LogP contribution in [0, 0.1) is 0 Å². The zero-order valence-corrected chi connectivity index (χ0v) is 11.5. The normalized spacial score (nSPS) is 10.7. The van der Waals surface area contributed by atoms with Crippen molar-refractivity contribution < 1.29 is 5.11 Å². The molecule has 0 bridgehead atoms. The highest BCUT2D eigenvalue weighted by Gasteiger charge is 2.14. The number of benzene rings is 2. The van der Waals surface area contributed by atoms with E-state index in [1.165, 1.54) is 6.07 Å². The molecule has 3 rings (SSSR count). The van der Waals surface area contributed by atoms with Crippen LogP contribution in [0.1, 0.15) is 0 Å². The molecule has 1 heterocycles. The number of aromatic amines is 1. The van der Waals surface area contributed by atoms with Gasteiger partial charge in [-0.05, 0) is 23.8 Å². The molecule has 0 saturated heterocycles. The first-order valence-corrected chi connectivity index (χ1v) is 6.60. The van der Waals surface area contributed by atoms with Crippen molar-refractivity contribution >= 4 is 22.5 Å². The van der Waals surface area contributed by atoms with Crippen LogP contribution in [-0.4, -0.2) is 10.1 Å². The minimum Gasteiger partial charge on any atom is -0.506 e. The number of H-pyrrole nitrogens is 1. The second-order valence-electron chi connectivity index (χ2n) is 4.56. The van der Waals surface area contributed by atoms with Gasteiger partial charge in [-0.3, -0.25) is 9.59 Å². The maximum absolute atomic E-state index is 12.2. The van der Waals surface area contributed by atoms with Crippen LogP contribution in [0.15, 0.2) is 58.1 Å². The predicted octanol–water partition coefficient (Wildman–Crippen LogP) is 2.91. The van der Waals surface area contributed by atoms with E-state index in [0.717, 1.165) is 0 Å². The minimum absolute atomic E-state index is 0.0193. The number of rotatable bonds is 1. The lowest BCUT2D eigenvalue weighted by Crippen LogP contribution is -2.24. The summed E-state index contributed by atoms with van der Waals surface area (Å²) in [4.78, 5) is 26.7. The van der Waals surface area contributed by atoms with Crippen LogP contribution in [0.25, 0.3) is 22.0 Å². The Morgan fingerprint density at radius 3 is 2.43 bits per heavy atom. The molecule has 0 aliphatic rings. The molecule has 2 aromatic carbocycles. The summed E-state index contributed by atoms with van der Waals surface area (Å²) in [6.07, 6.45) is 0. The summed E-state index contributed by atoms with van der Waals surface area (Å²) in [7, 11) is 0. The van der Waals surface area contributed by atoms with Gasteiger partial charge in [-0.1, -0.05) is 41.9 Å². The molecule has 0 aliphatic carbocycles. The Labute approximate surface area is 124 Å². The summed E-state index contributed by atoms with van der Waals surface area (Å²) >= 11 is 5.88. The second kappa shape index (κ2) is 5.07. The molecule has 1 aromatic heterocycles. The summed E-state index contributed by atoms with van der Waals surface area (Å²) in [5.41, 5.74) is -0.816. The third kappa shape index (κ3) is 2.30. The highest BCUT2D eigenvalue weighted by molar-refractivity contribution is 6.31. The fourth-order valence-corrected chi connectivity index (χ4v) is 2.41. The van der Waals surface area contributed by atoms with Gasteiger partial charge in [0.05, 0.1) is 11.1 Å². The van der Waals surface area contributed by atoms with E-state index < -0.39 is 11.0 Å². The van der Waals surface area contributed by atoms with Crippen molar-refractivity contribution in [1.82, 2.24) is 4.98 Å². The van der Waals surface area contributed by atoms with Crippen molar-refractivity contribution in [2.45, 2.75) is 0 Å². The van der Waals surface area contributed by atoms with Crippen LogP contribution in [0.3, 0.4) is 0 Å². The molecule has 3 aromatic rings. The number of nitrogens with one attached hydrogen (secondary N) is 1. The molecule has 0 saturated carbocycles. The van der Waals surface area contributed by atoms with E-state index in [4.69, 9.17) is 11.6 Å². The Morgan fingerprint density at radius 1 is 1.00 bits per heavy atom. The third-order valence-electron chi connectivity index (χ3n) is 3.22. The Balaban J connectivity index is 2.55. The first-order valence-electron chi connectivity index (χ1n) is 6.22. The Bertz CT molecular complexity index is 949. The average Bonchev–Trinajstić information content (AvgIpc) is 2.56. The van der Waals surface area contributed by atoms with Crippen LogP contribution in [-0.2, 0) is 0 Å². The molecule has 0 spiro atoms. The molecule has 0 radical (unpaired) electrons. The summed E-state index contributed by atoms with van der Waals surface area (Å²) in [5, 5.41) is 11.2. The molecule has 21 heavy (non-hydrogen) atoms. The number of aromatic nitrogens is 1. The molecular weight excluding hydrogens is 290 g/mol. The number of fused-ring (bicyclic) bond motifs is 1. The smallest absolute Gasteiger partial charge is 0.296 e. The fourth-order valence-electron chi connectivity index (χ4n) is 2.23. The van der Waals surface area contributed by atoms with Gasteiger partial charge < -0.3 is 10.1 Å². The van der Waals surface area contributed by atoms with Crippen LogP contribution in [0.5, 0.6) is 5.75 Å². The quantitative estimate of drug-likeness (QED) is 0.679. The molecular formula is C16H10ClNO3. The molecule has 0 atom stereocenters. The van der Waals surface area contributed by atoms with Gasteiger partial charge in [-0.15, -0.1) is 0 Å². The SMILES string of the molecule is O=c1[nH]c2cc(Cl)ccc2c(O)c(-c2ccccc2)c1=O. The van der Waals surface area contributed by atoms with Gasteiger partial charge in [-0.2, -0.15) is 0 Å². The van der Waals surface area contributed by atoms with Crippen molar-refractivity contribution in [2.24, 2.45) is 0 Å². The molecule has 4 nitrogen and oxygen atoms in total. The van der Waals surface area contributed by atoms with Crippen LogP contribution < -0.4 is 11.0 Å². The summed E-state index contributed by atoms with van der Waals surface area (Å²) in [5.74, 6) is -0.240. The largest absolute Gasteiger partial charge is 0.506 e. The lowest BCUT2D eigenvalue weighted by molar-refractivity contribution is 0.483. The molecule has 0 aliphatic heterocycles. The van der Waals surface area contributed by atoms with Gasteiger partial charge in [0.25, 0.3) is 11.0 Å². The van der Waals surface area contributed by atoms with Crippen molar-refractivity contribution in [2.75, 3.05) is 0 Å². The van der Waals surface area contributed by atoms with Gasteiger partial charge >= 0.3 is 0 Å². The zero-order valence-electron chi connectivity index (χ0n) is 10.8. The van der Waals surface area contributed by atoms with E-state index in [2.05, 4.69) is 4.98 Å². The molecule has 104 valence electrons. The third-order valence-corrected chi connectivity index (χ3v) is 3.45. The summed E-state index contributed by atoms with van der Waals surface area (Å²) < 4.78 is 0. The monoisotopic (exact) mass is 299 g/mol. The van der Waals surface area contributed by atoms with E-state index in [-0.39, 0.29) is 11.3 Å². The predicted molar refractivity (Wildman–Crippen MR) is 82.9 cm³/mol. The highest BCUT2D eigenvalue weighted by atomic mass is 35.5. The van der Waals surface area contributed by atoms with E-state index in [1.807, 2.05) is 0 Å². The first-order chi connectivity index (χ1) is 10.1. The highest BCUT2D eigenvalue weighted by Crippen LogP contribution is 2.31. The van der Waals surface area contributed by atoms with Crippen molar-refractivity contribution in [3.8, 4) is 16.9 Å². The molecule has 2 N–H and O–H groups in total. The standard InChI is InChI=1S/C16H10ClNO3/c17-10-6-7-11-12(8-10)18-16(21)15(20)13(14(11)19)9-4-2-1-3-5-9/h1-8,19H,(H,18,20,21). The van der Waals surface area contributed by atoms with E-state index in [0.29, 0.717) is 21.5 Å². The lowest BCUT2D eigenvalue weighted by Gasteiger charge is -2.02. The molecule has 0 fully saturated rings.